The highest BCUT2D eigenvalue weighted by atomic mass is 19.4. The molecule has 5 rings (SSSR count). The van der Waals surface area contributed by atoms with Gasteiger partial charge in [0.05, 0.1) is 17.7 Å². The first-order valence-corrected chi connectivity index (χ1v) is 12.0. The molecule has 2 N–H and O–H groups in total. The molecule has 2 amide bonds. The fourth-order valence-corrected chi connectivity index (χ4v) is 4.80. The van der Waals surface area contributed by atoms with Crippen molar-refractivity contribution in [3.8, 4) is 11.1 Å². The topological polar surface area (TPSA) is 72.9 Å². The second-order valence-electron chi connectivity index (χ2n) is 9.48. The summed E-state index contributed by atoms with van der Waals surface area (Å²) in [5.74, 6) is -0.288. The summed E-state index contributed by atoms with van der Waals surface area (Å²) in [6.45, 7) is 1.56. The molecule has 9 heteroatoms. The van der Waals surface area contributed by atoms with Gasteiger partial charge in [0.25, 0.3) is 11.8 Å². The van der Waals surface area contributed by atoms with Gasteiger partial charge >= 0.3 is 6.18 Å². The van der Waals surface area contributed by atoms with Crippen molar-refractivity contribution in [3.05, 3.63) is 95.6 Å². The van der Waals surface area contributed by atoms with E-state index in [0.29, 0.717) is 41.9 Å². The Labute approximate surface area is 212 Å². The molecule has 0 aliphatic carbocycles. The second kappa shape index (κ2) is 9.99. The van der Waals surface area contributed by atoms with Gasteiger partial charge in [0.1, 0.15) is 0 Å². The lowest BCUT2D eigenvalue weighted by Gasteiger charge is -2.41. The Balaban J connectivity index is 1.14. The molecule has 2 saturated heterocycles. The number of likely N-dealkylation sites (tertiary alicyclic amines) is 2. The van der Waals surface area contributed by atoms with Gasteiger partial charge < -0.3 is 20.2 Å². The van der Waals surface area contributed by atoms with Crippen LogP contribution in [-0.4, -0.2) is 71.1 Å². The van der Waals surface area contributed by atoms with Crippen molar-refractivity contribution in [1.82, 2.24) is 15.1 Å². The predicted molar refractivity (Wildman–Crippen MR) is 132 cm³/mol. The number of hydrogen-bond donors (Lipinski definition) is 2. The van der Waals surface area contributed by atoms with E-state index in [1.165, 1.54) is 6.07 Å². The number of nitrogens with one attached hydrogen (secondary N) is 1. The SMILES string of the molecule is O=C(c1ccc(-c2cccc(C(F)(F)F)c2)cc1)N1CC(N[C@@H]2CN(C(=O)c3ccccc3)C[C@H]2O)C1. The first kappa shape index (κ1) is 25.0. The third-order valence-electron chi connectivity index (χ3n) is 6.87. The van der Waals surface area contributed by atoms with E-state index in [9.17, 15) is 27.9 Å². The minimum absolute atomic E-state index is 0.000223. The standard InChI is InChI=1S/C28H26F3N3O3/c29-28(30,31)22-8-4-7-21(13-22)18-9-11-20(12-10-18)27(37)33-14-23(15-33)32-24-16-34(17-25(24)35)26(36)19-5-2-1-3-6-19/h1-13,23-25,32,35H,14-17H2/t24-,25-/m1/s1. The minimum Gasteiger partial charge on any atom is -0.390 e. The zero-order chi connectivity index (χ0) is 26.2. The van der Waals surface area contributed by atoms with Crippen molar-refractivity contribution in [2.24, 2.45) is 0 Å². The molecule has 0 bridgehead atoms. The third kappa shape index (κ3) is 5.38. The van der Waals surface area contributed by atoms with E-state index in [2.05, 4.69) is 5.32 Å². The average Bonchev–Trinajstić information content (AvgIpc) is 3.25. The van der Waals surface area contributed by atoms with Crippen molar-refractivity contribution < 1.29 is 27.9 Å². The molecule has 37 heavy (non-hydrogen) atoms. The smallest absolute Gasteiger partial charge is 0.390 e. The molecule has 0 radical (unpaired) electrons. The zero-order valence-corrected chi connectivity index (χ0v) is 19.9. The minimum atomic E-state index is -4.42. The highest BCUT2D eigenvalue weighted by Crippen LogP contribution is 2.32. The molecule has 2 aliphatic rings. The largest absolute Gasteiger partial charge is 0.416 e. The van der Waals surface area contributed by atoms with E-state index >= 15 is 0 Å². The van der Waals surface area contributed by atoms with Crippen LogP contribution < -0.4 is 5.32 Å². The molecular weight excluding hydrogens is 483 g/mol. The molecular formula is C28H26F3N3O3. The van der Waals surface area contributed by atoms with Crippen LogP contribution >= 0.6 is 0 Å². The van der Waals surface area contributed by atoms with Crippen molar-refractivity contribution in [3.63, 3.8) is 0 Å². The van der Waals surface area contributed by atoms with E-state index in [0.717, 1.165) is 12.1 Å². The summed E-state index contributed by atoms with van der Waals surface area (Å²) in [4.78, 5) is 28.8. The van der Waals surface area contributed by atoms with Gasteiger partial charge in [0, 0.05) is 43.3 Å². The predicted octanol–water partition coefficient (Wildman–Crippen LogP) is 3.67. The van der Waals surface area contributed by atoms with Crippen LogP contribution in [0, 0.1) is 0 Å². The molecule has 3 aromatic rings. The molecule has 0 saturated carbocycles. The highest BCUT2D eigenvalue weighted by Gasteiger charge is 2.39. The summed E-state index contributed by atoms with van der Waals surface area (Å²) < 4.78 is 39.0. The average molecular weight is 510 g/mol. The van der Waals surface area contributed by atoms with Crippen molar-refractivity contribution in [2.45, 2.75) is 24.4 Å². The van der Waals surface area contributed by atoms with E-state index in [-0.39, 0.29) is 30.4 Å². The molecule has 6 nitrogen and oxygen atoms in total. The lowest BCUT2D eigenvalue weighted by molar-refractivity contribution is -0.137. The highest BCUT2D eigenvalue weighted by molar-refractivity contribution is 5.95. The summed E-state index contributed by atoms with van der Waals surface area (Å²) in [5, 5.41) is 13.8. The monoisotopic (exact) mass is 509 g/mol. The molecule has 3 aromatic carbocycles. The van der Waals surface area contributed by atoms with Crippen molar-refractivity contribution >= 4 is 11.8 Å². The van der Waals surface area contributed by atoms with Crippen molar-refractivity contribution in [2.75, 3.05) is 26.2 Å². The van der Waals surface area contributed by atoms with Gasteiger partial charge in [-0.3, -0.25) is 9.59 Å². The van der Waals surface area contributed by atoms with E-state index in [1.807, 2.05) is 6.07 Å². The maximum absolute atomic E-state index is 13.0. The van der Waals surface area contributed by atoms with Crippen LogP contribution in [0.3, 0.4) is 0 Å². The Hall–Kier alpha value is -3.69. The fraction of sp³-hybridized carbons (Fsp3) is 0.286. The van der Waals surface area contributed by atoms with Crippen LogP contribution in [-0.2, 0) is 6.18 Å². The normalized spacial score (nSPS) is 20.1. The van der Waals surface area contributed by atoms with Gasteiger partial charge in [-0.2, -0.15) is 13.2 Å². The Morgan fingerprint density at radius 2 is 1.38 bits per heavy atom. The van der Waals surface area contributed by atoms with E-state index < -0.39 is 17.8 Å². The Morgan fingerprint density at radius 3 is 2.03 bits per heavy atom. The number of β-amino-alcohol motifs (C(OH)–C–C–N with tert-alkyl or cyclic N) is 1. The number of nitrogens with zero attached hydrogens (tertiary/aromatic N) is 2. The number of alkyl halides is 3. The maximum atomic E-state index is 13.0. The first-order valence-electron chi connectivity index (χ1n) is 12.0. The molecule has 0 unspecified atom stereocenters. The molecule has 2 fully saturated rings. The second-order valence-corrected chi connectivity index (χ2v) is 9.48. The third-order valence-corrected chi connectivity index (χ3v) is 6.87. The van der Waals surface area contributed by atoms with Gasteiger partial charge in [-0.15, -0.1) is 0 Å². The molecule has 2 aliphatic heterocycles. The van der Waals surface area contributed by atoms with Crippen LogP contribution in [0.4, 0.5) is 13.2 Å². The number of rotatable bonds is 5. The fourth-order valence-electron chi connectivity index (χ4n) is 4.80. The summed E-state index contributed by atoms with van der Waals surface area (Å²) >= 11 is 0. The molecule has 2 heterocycles. The van der Waals surface area contributed by atoms with Crippen LogP contribution in [0.15, 0.2) is 78.9 Å². The quantitative estimate of drug-likeness (QED) is 0.551. The van der Waals surface area contributed by atoms with Gasteiger partial charge in [0.15, 0.2) is 0 Å². The zero-order valence-electron chi connectivity index (χ0n) is 19.9. The van der Waals surface area contributed by atoms with Crippen LogP contribution in [0.25, 0.3) is 11.1 Å². The van der Waals surface area contributed by atoms with Gasteiger partial charge in [-0.1, -0.05) is 42.5 Å². The van der Waals surface area contributed by atoms with Gasteiger partial charge in [0.2, 0.25) is 0 Å². The number of carbonyl (C=O) groups excluding carboxylic acids is 2. The van der Waals surface area contributed by atoms with Crippen LogP contribution in [0.2, 0.25) is 0 Å². The Bertz CT molecular complexity index is 1280. The first-order chi connectivity index (χ1) is 17.7. The molecule has 2 atom stereocenters. The van der Waals surface area contributed by atoms with Crippen molar-refractivity contribution in [1.29, 1.82) is 0 Å². The lowest BCUT2D eigenvalue weighted by Crippen LogP contribution is -2.63. The Kier molecular flexibility index (Phi) is 6.74. The van der Waals surface area contributed by atoms with E-state index in [4.69, 9.17) is 0 Å². The molecule has 0 spiro atoms. The molecule has 0 aromatic heterocycles. The number of aliphatic hydroxyl groups excluding tert-OH is 1. The number of carbonyl (C=O) groups is 2. The summed E-state index contributed by atoms with van der Waals surface area (Å²) in [7, 11) is 0. The van der Waals surface area contributed by atoms with Crippen LogP contribution in [0.5, 0.6) is 0 Å². The maximum Gasteiger partial charge on any atom is 0.416 e. The van der Waals surface area contributed by atoms with Gasteiger partial charge in [-0.05, 0) is 47.5 Å². The number of aliphatic hydroxyl groups is 1. The Morgan fingerprint density at radius 1 is 0.757 bits per heavy atom. The van der Waals surface area contributed by atoms with E-state index in [1.54, 1.807) is 64.4 Å². The molecule has 192 valence electrons. The van der Waals surface area contributed by atoms with Crippen LogP contribution in [0.1, 0.15) is 26.3 Å². The summed E-state index contributed by atoms with van der Waals surface area (Å²) in [6, 6.07) is 20.3. The summed E-state index contributed by atoms with van der Waals surface area (Å²) in [6.07, 6.45) is -5.11. The number of halogens is 3. The number of amides is 2. The summed E-state index contributed by atoms with van der Waals surface area (Å²) in [5.41, 5.74) is 1.33. The number of hydrogen-bond acceptors (Lipinski definition) is 4. The lowest BCUT2D eigenvalue weighted by atomic mass is 10.00. The number of benzene rings is 3. The van der Waals surface area contributed by atoms with Gasteiger partial charge in [-0.25, -0.2) is 0 Å².